The standard InChI is InChI=1S/C33H40F2N4O3/c1-3-7-29-33(42)39(19-18-38(29)32(41)28(36-4-2)21-23-11-14-27(35)15-12-23)30(31(40)37-17-16-34)22-24-10-13-25-8-5-6-9-26(25)20-24/h5-6,8-15,20,28-30,36H,3-4,7,16-19,21-22H2,1-2H3,(H,37,40). The largest absolute Gasteiger partial charge is 0.352 e. The molecule has 42 heavy (non-hydrogen) atoms. The van der Waals surface area contributed by atoms with E-state index in [1.54, 1.807) is 21.9 Å². The first kappa shape index (κ1) is 31.1. The summed E-state index contributed by atoms with van der Waals surface area (Å²) >= 11 is 0. The van der Waals surface area contributed by atoms with Crippen molar-refractivity contribution in [2.75, 3.05) is 32.9 Å². The molecular formula is C33H40F2N4O3. The number of nitrogens with zero attached hydrogens (tertiary/aromatic N) is 2. The maximum atomic E-state index is 14.0. The third kappa shape index (κ3) is 7.50. The topological polar surface area (TPSA) is 81.8 Å². The van der Waals surface area contributed by atoms with Crippen LogP contribution in [-0.2, 0) is 27.2 Å². The van der Waals surface area contributed by atoms with Gasteiger partial charge in [-0.3, -0.25) is 14.4 Å². The molecule has 7 nitrogen and oxygen atoms in total. The fraction of sp³-hybridized carbons (Fsp3) is 0.424. The van der Waals surface area contributed by atoms with Gasteiger partial charge in [-0.05, 0) is 53.4 Å². The number of hydrogen-bond acceptors (Lipinski definition) is 4. The normalized spacial score (nSPS) is 16.9. The molecule has 0 radical (unpaired) electrons. The van der Waals surface area contributed by atoms with Gasteiger partial charge in [0.1, 0.15) is 24.6 Å². The van der Waals surface area contributed by atoms with Gasteiger partial charge in [0.05, 0.1) is 6.04 Å². The van der Waals surface area contributed by atoms with Crippen LogP contribution in [0.4, 0.5) is 8.78 Å². The smallest absolute Gasteiger partial charge is 0.246 e. The fourth-order valence-corrected chi connectivity index (χ4v) is 5.70. The molecule has 1 aliphatic rings. The Hall–Kier alpha value is -3.85. The van der Waals surface area contributed by atoms with Crippen LogP contribution in [0, 0.1) is 5.82 Å². The second kappa shape index (κ2) is 14.9. The molecule has 2 N–H and O–H groups in total. The third-order valence-corrected chi connectivity index (χ3v) is 7.79. The number of carbonyl (C=O) groups excluding carboxylic acids is 3. The molecule has 1 heterocycles. The second-order valence-electron chi connectivity index (χ2n) is 10.7. The first-order chi connectivity index (χ1) is 20.4. The summed E-state index contributed by atoms with van der Waals surface area (Å²) in [5.41, 5.74) is 1.70. The van der Waals surface area contributed by atoms with Gasteiger partial charge in [-0.15, -0.1) is 0 Å². The van der Waals surface area contributed by atoms with Crippen molar-refractivity contribution in [2.45, 2.75) is 57.7 Å². The quantitative estimate of drug-likeness (QED) is 0.321. The third-order valence-electron chi connectivity index (χ3n) is 7.79. The Morgan fingerprint density at radius 2 is 1.67 bits per heavy atom. The lowest BCUT2D eigenvalue weighted by molar-refractivity contribution is -0.157. The van der Waals surface area contributed by atoms with Gasteiger partial charge in [-0.1, -0.05) is 74.9 Å². The summed E-state index contributed by atoms with van der Waals surface area (Å²) in [5, 5.41) is 7.96. The van der Waals surface area contributed by atoms with E-state index in [-0.39, 0.29) is 43.7 Å². The van der Waals surface area contributed by atoms with Gasteiger partial charge < -0.3 is 20.4 Å². The zero-order valence-corrected chi connectivity index (χ0v) is 24.3. The van der Waals surface area contributed by atoms with Crippen LogP contribution in [0.5, 0.6) is 0 Å². The predicted molar refractivity (Wildman–Crippen MR) is 160 cm³/mol. The molecule has 9 heteroatoms. The molecule has 0 saturated carbocycles. The average Bonchev–Trinajstić information content (AvgIpc) is 3.00. The molecule has 3 aromatic carbocycles. The summed E-state index contributed by atoms with van der Waals surface area (Å²) in [7, 11) is 0. The van der Waals surface area contributed by atoms with Crippen LogP contribution in [-0.4, -0.2) is 78.5 Å². The van der Waals surface area contributed by atoms with Gasteiger partial charge in [-0.25, -0.2) is 8.78 Å². The van der Waals surface area contributed by atoms with Crippen molar-refractivity contribution in [1.29, 1.82) is 0 Å². The molecule has 1 aliphatic heterocycles. The summed E-state index contributed by atoms with van der Waals surface area (Å²) in [6.07, 6.45) is 1.75. The van der Waals surface area contributed by atoms with E-state index in [1.165, 1.54) is 12.1 Å². The van der Waals surface area contributed by atoms with Crippen molar-refractivity contribution in [3.63, 3.8) is 0 Å². The number of carbonyl (C=O) groups is 3. The van der Waals surface area contributed by atoms with Crippen LogP contribution in [0.15, 0.2) is 66.7 Å². The molecule has 0 spiro atoms. The van der Waals surface area contributed by atoms with Gasteiger partial charge in [0.25, 0.3) is 0 Å². The Bertz CT molecular complexity index is 1370. The number of piperazine rings is 1. The highest BCUT2D eigenvalue weighted by Crippen LogP contribution is 2.24. The maximum absolute atomic E-state index is 14.0. The van der Waals surface area contributed by atoms with Crippen molar-refractivity contribution in [2.24, 2.45) is 0 Å². The van der Waals surface area contributed by atoms with E-state index in [0.717, 1.165) is 21.9 Å². The van der Waals surface area contributed by atoms with Crippen LogP contribution in [0.1, 0.15) is 37.8 Å². The van der Waals surface area contributed by atoms with Crippen LogP contribution >= 0.6 is 0 Å². The molecule has 0 aromatic heterocycles. The molecule has 3 aromatic rings. The monoisotopic (exact) mass is 578 g/mol. The second-order valence-corrected chi connectivity index (χ2v) is 10.7. The molecular weight excluding hydrogens is 538 g/mol. The minimum Gasteiger partial charge on any atom is -0.352 e. The van der Waals surface area contributed by atoms with E-state index >= 15 is 0 Å². The van der Waals surface area contributed by atoms with Crippen LogP contribution in [0.25, 0.3) is 10.8 Å². The van der Waals surface area contributed by atoms with Crippen molar-refractivity contribution in [3.8, 4) is 0 Å². The van der Waals surface area contributed by atoms with Crippen LogP contribution in [0.3, 0.4) is 0 Å². The number of benzene rings is 3. The predicted octanol–water partition coefficient (Wildman–Crippen LogP) is 4.04. The summed E-state index contributed by atoms with van der Waals surface area (Å²) in [6, 6.07) is 17.8. The van der Waals surface area contributed by atoms with Crippen molar-refractivity contribution < 1.29 is 23.2 Å². The SMILES string of the molecule is CCCC1C(=O)N(C(Cc2ccc3ccccc3c2)C(=O)NCCF)CCN1C(=O)C(Cc1ccc(F)cc1)NCC. The van der Waals surface area contributed by atoms with Gasteiger partial charge in [0.15, 0.2) is 0 Å². The molecule has 0 bridgehead atoms. The zero-order chi connectivity index (χ0) is 30.1. The Morgan fingerprint density at radius 1 is 0.952 bits per heavy atom. The number of amides is 3. The summed E-state index contributed by atoms with van der Waals surface area (Å²) in [4.78, 5) is 44.4. The Kier molecular flexibility index (Phi) is 11.0. The Morgan fingerprint density at radius 3 is 2.36 bits per heavy atom. The summed E-state index contributed by atoms with van der Waals surface area (Å²) in [5.74, 6) is -1.23. The minimum absolute atomic E-state index is 0.133. The van der Waals surface area contributed by atoms with E-state index in [0.29, 0.717) is 25.8 Å². The molecule has 3 unspecified atom stereocenters. The summed E-state index contributed by atoms with van der Waals surface area (Å²) < 4.78 is 26.4. The minimum atomic E-state index is -0.842. The molecule has 224 valence electrons. The lowest BCUT2D eigenvalue weighted by Gasteiger charge is -2.44. The highest BCUT2D eigenvalue weighted by molar-refractivity contribution is 5.94. The number of nitrogens with one attached hydrogen (secondary N) is 2. The van der Waals surface area contributed by atoms with E-state index in [2.05, 4.69) is 10.6 Å². The summed E-state index contributed by atoms with van der Waals surface area (Å²) in [6.45, 7) is 4.02. The first-order valence-electron chi connectivity index (χ1n) is 14.8. The first-order valence-corrected chi connectivity index (χ1v) is 14.8. The number of likely N-dealkylation sites (N-methyl/N-ethyl adjacent to an activating group) is 1. The zero-order valence-electron chi connectivity index (χ0n) is 24.3. The molecule has 0 aliphatic carbocycles. The lowest BCUT2D eigenvalue weighted by Crippen LogP contribution is -2.65. The van der Waals surface area contributed by atoms with Gasteiger partial charge in [0.2, 0.25) is 17.7 Å². The molecule has 1 saturated heterocycles. The van der Waals surface area contributed by atoms with Crippen molar-refractivity contribution in [1.82, 2.24) is 20.4 Å². The van der Waals surface area contributed by atoms with E-state index < -0.39 is 30.7 Å². The van der Waals surface area contributed by atoms with Gasteiger partial charge in [-0.2, -0.15) is 0 Å². The number of alkyl halides is 1. The number of halogens is 2. The lowest BCUT2D eigenvalue weighted by atomic mass is 9.96. The van der Waals surface area contributed by atoms with E-state index in [4.69, 9.17) is 0 Å². The van der Waals surface area contributed by atoms with Crippen molar-refractivity contribution >= 4 is 28.5 Å². The van der Waals surface area contributed by atoms with Crippen molar-refractivity contribution in [3.05, 3.63) is 83.7 Å². The number of fused-ring (bicyclic) bond motifs is 1. The maximum Gasteiger partial charge on any atom is 0.246 e. The van der Waals surface area contributed by atoms with Crippen LogP contribution in [0.2, 0.25) is 0 Å². The van der Waals surface area contributed by atoms with Crippen LogP contribution < -0.4 is 10.6 Å². The fourth-order valence-electron chi connectivity index (χ4n) is 5.70. The number of rotatable bonds is 13. The Labute approximate surface area is 246 Å². The highest BCUT2D eigenvalue weighted by Gasteiger charge is 2.42. The molecule has 3 atom stereocenters. The van der Waals surface area contributed by atoms with E-state index in [1.807, 2.05) is 56.3 Å². The molecule has 1 fully saturated rings. The van der Waals surface area contributed by atoms with Gasteiger partial charge in [0, 0.05) is 26.1 Å². The average molecular weight is 579 g/mol. The number of hydrogen-bond donors (Lipinski definition) is 2. The van der Waals surface area contributed by atoms with Gasteiger partial charge >= 0.3 is 0 Å². The highest BCUT2D eigenvalue weighted by atomic mass is 19.1. The molecule has 3 amide bonds. The molecule has 4 rings (SSSR count). The van der Waals surface area contributed by atoms with E-state index in [9.17, 15) is 23.2 Å². The Balaban J connectivity index is 1.58.